The third-order valence-corrected chi connectivity index (χ3v) is 2.04. The lowest BCUT2D eigenvalue weighted by Crippen LogP contribution is -1.75. The van der Waals surface area contributed by atoms with Gasteiger partial charge in [0, 0.05) is 12.4 Å². The van der Waals surface area contributed by atoms with E-state index in [9.17, 15) is 0 Å². The second-order valence-electron chi connectivity index (χ2n) is 2.81. The summed E-state index contributed by atoms with van der Waals surface area (Å²) in [6.45, 7) is 0. The van der Waals surface area contributed by atoms with Gasteiger partial charge in [0.15, 0.2) is 0 Å². The lowest BCUT2D eigenvalue weighted by molar-refractivity contribution is 1.44. The SMILES string of the molecule is c1cc2nc3cc[nH]c3cc2[nH]1. The first-order valence-electron chi connectivity index (χ1n) is 3.85. The Morgan fingerprint density at radius 2 is 1.50 bits per heavy atom. The van der Waals surface area contributed by atoms with Crippen molar-refractivity contribution in [2.24, 2.45) is 0 Å². The van der Waals surface area contributed by atoms with Gasteiger partial charge in [-0.2, -0.15) is 0 Å². The van der Waals surface area contributed by atoms with Crippen molar-refractivity contribution in [1.82, 2.24) is 15.0 Å². The Bertz CT molecular complexity index is 442. The van der Waals surface area contributed by atoms with Gasteiger partial charge in [-0.25, -0.2) is 4.98 Å². The molecular weight excluding hydrogens is 150 g/mol. The molecule has 3 rings (SSSR count). The molecule has 0 bridgehead atoms. The molecule has 0 atom stereocenters. The molecule has 3 heteroatoms. The van der Waals surface area contributed by atoms with E-state index in [4.69, 9.17) is 0 Å². The number of aromatic nitrogens is 3. The number of nitrogens with zero attached hydrogens (tertiary/aromatic N) is 1. The number of hydrogen-bond acceptors (Lipinski definition) is 1. The van der Waals surface area contributed by atoms with Crippen molar-refractivity contribution in [3.05, 3.63) is 30.6 Å². The van der Waals surface area contributed by atoms with Crippen LogP contribution in [0.1, 0.15) is 0 Å². The van der Waals surface area contributed by atoms with E-state index >= 15 is 0 Å². The maximum atomic E-state index is 4.44. The summed E-state index contributed by atoms with van der Waals surface area (Å²) < 4.78 is 0. The van der Waals surface area contributed by atoms with E-state index < -0.39 is 0 Å². The highest BCUT2D eigenvalue weighted by Gasteiger charge is 1.99. The molecule has 0 aliphatic heterocycles. The number of pyridine rings is 1. The molecular formula is C9H7N3. The minimum absolute atomic E-state index is 1.02. The number of nitrogens with one attached hydrogen (secondary N) is 2. The first-order valence-corrected chi connectivity index (χ1v) is 3.85. The minimum Gasteiger partial charge on any atom is -0.360 e. The summed E-state index contributed by atoms with van der Waals surface area (Å²) in [5.74, 6) is 0. The fourth-order valence-corrected chi connectivity index (χ4v) is 1.45. The minimum atomic E-state index is 1.02. The standard InChI is InChI=1S/C9H7N3/c1-3-10-8-5-9-7(2-4-11-9)12-6(1)8/h1-5,10-11H. The van der Waals surface area contributed by atoms with E-state index in [1.54, 1.807) is 0 Å². The molecule has 3 heterocycles. The van der Waals surface area contributed by atoms with Gasteiger partial charge in [0.05, 0.1) is 22.1 Å². The van der Waals surface area contributed by atoms with Crippen molar-refractivity contribution in [2.75, 3.05) is 0 Å². The molecule has 2 N–H and O–H groups in total. The van der Waals surface area contributed by atoms with Gasteiger partial charge in [-0.1, -0.05) is 0 Å². The van der Waals surface area contributed by atoms with Crippen molar-refractivity contribution in [1.29, 1.82) is 0 Å². The summed E-state index contributed by atoms with van der Waals surface area (Å²) in [6, 6.07) is 6.02. The van der Waals surface area contributed by atoms with Crippen LogP contribution in [-0.4, -0.2) is 15.0 Å². The van der Waals surface area contributed by atoms with Gasteiger partial charge >= 0.3 is 0 Å². The van der Waals surface area contributed by atoms with Crippen molar-refractivity contribution in [3.63, 3.8) is 0 Å². The summed E-state index contributed by atoms with van der Waals surface area (Å²) >= 11 is 0. The third kappa shape index (κ3) is 0.625. The molecule has 0 aliphatic carbocycles. The number of H-pyrrole nitrogens is 2. The Hall–Kier alpha value is -1.77. The molecule has 12 heavy (non-hydrogen) atoms. The molecule has 58 valence electrons. The summed E-state index contributed by atoms with van der Waals surface area (Å²) in [4.78, 5) is 10.7. The molecule has 0 saturated heterocycles. The molecule has 0 fully saturated rings. The van der Waals surface area contributed by atoms with Crippen LogP contribution in [0.4, 0.5) is 0 Å². The van der Waals surface area contributed by atoms with Crippen LogP contribution in [-0.2, 0) is 0 Å². The smallest absolute Gasteiger partial charge is 0.0887 e. The lowest BCUT2D eigenvalue weighted by Gasteiger charge is -1.89. The average molecular weight is 157 g/mol. The Morgan fingerprint density at radius 3 is 2.08 bits per heavy atom. The molecule has 0 radical (unpaired) electrons. The fourth-order valence-electron chi connectivity index (χ4n) is 1.45. The van der Waals surface area contributed by atoms with Crippen LogP contribution in [0.3, 0.4) is 0 Å². The number of rotatable bonds is 0. The largest absolute Gasteiger partial charge is 0.360 e. The number of aromatic amines is 2. The maximum absolute atomic E-state index is 4.44. The zero-order valence-corrected chi connectivity index (χ0v) is 6.33. The highest BCUT2D eigenvalue weighted by atomic mass is 14.8. The molecule has 3 aromatic heterocycles. The monoisotopic (exact) mass is 157 g/mol. The predicted molar refractivity (Wildman–Crippen MR) is 48.0 cm³/mol. The second kappa shape index (κ2) is 1.88. The molecule has 0 aliphatic rings. The van der Waals surface area contributed by atoms with Gasteiger partial charge in [-0.05, 0) is 18.2 Å². The lowest BCUT2D eigenvalue weighted by atomic mass is 10.3. The van der Waals surface area contributed by atoms with E-state index in [0.717, 1.165) is 22.1 Å². The quantitative estimate of drug-likeness (QED) is 0.515. The van der Waals surface area contributed by atoms with Crippen LogP contribution in [0, 0.1) is 0 Å². The van der Waals surface area contributed by atoms with Crippen LogP contribution in [0.5, 0.6) is 0 Å². The molecule has 3 aromatic rings. The zero-order chi connectivity index (χ0) is 7.97. The van der Waals surface area contributed by atoms with E-state index in [2.05, 4.69) is 21.0 Å². The second-order valence-corrected chi connectivity index (χ2v) is 2.81. The Balaban J connectivity index is 2.62. The van der Waals surface area contributed by atoms with E-state index in [-0.39, 0.29) is 0 Å². The van der Waals surface area contributed by atoms with E-state index in [1.165, 1.54) is 0 Å². The first-order chi connectivity index (χ1) is 5.93. The fraction of sp³-hybridized carbons (Fsp3) is 0. The zero-order valence-electron chi connectivity index (χ0n) is 6.33. The summed E-state index contributed by atoms with van der Waals surface area (Å²) in [6.07, 6.45) is 3.80. The first kappa shape index (κ1) is 5.83. The highest BCUT2D eigenvalue weighted by Crippen LogP contribution is 2.16. The molecule has 3 nitrogen and oxygen atoms in total. The molecule has 0 aromatic carbocycles. The van der Waals surface area contributed by atoms with Crippen molar-refractivity contribution in [3.8, 4) is 0 Å². The molecule has 0 saturated carbocycles. The molecule has 0 unspecified atom stereocenters. The van der Waals surface area contributed by atoms with Gasteiger partial charge in [0.2, 0.25) is 0 Å². The van der Waals surface area contributed by atoms with Gasteiger partial charge < -0.3 is 9.97 Å². The summed E-state index contributed by atoms with van der Waals surface area (Å²) in [5, 5.41) is 0. The van der Waals surface area contributed by atoms with Gasteiger partial charge in [-0.3, -0.25) is 0 Å². The van der Waals surface area contributed by atoms with Crippen molar-refractivity contribution < 1.29 is 0 Å². The maximum Gasteiger partial charge on any atom is 0.0887 e. The van der Waals surface area contributed by atoms with Crippen molar-refractivity contribution >= 4 is 22.1 Å². The van der Waals surface area contributed by atoms with Crippen molar-refractivity contribution in [2.45, 2.75) is 0 Å². The van der Waals surface area contributed by atoms with Crippen LogP contribution >= 0.6 is 0 Å². The van der Waals surface area contributed by atoms with Gasteiger partial charge in [0.25, 0.3) is 0 Å². The Morgan fingerprint density at radius 1 is 0.917 bits per heavy atom. The van der Waals surface area contributed by atoms with Crippen LogP contribution < -0.4 is 0 Å². The van der Waals surface area contributed by atoms with E-state index in [0.29, 0.717) is 0 Å². The van der Waals surface area contributed by atoms with Crippen LogP contribution in [0.25, 0.3) is 22.1 Å². The summed E-state index contributed by atoms with van der Waals surface area (Å²) in [5.41, 5.74) is 4.18. The highest BCUT2D eigenvalue weighted by molar-refractivity contribution is 5.88. The summed E-state index contributed by atoms with van der Waals surface area (Å²) in [7, 11) is 0. The predicted octanol–water partition coefficient (Wildman–Crippen LogP) is 2.04. The van der Waals surface area contributed by atoms with E-state index in [1.807, 2.05) is 24.5 Å². The average Bonchev–Trinajstić information content (AvgIpc) is 2.64. The van der Waals surface area contributed by atoms with Gasteiger partial charge in [-0.15, -0.1) is 0 Å². The third-order valence-electron chi connectivity index (χ3n) is 2.04. The topological polar surface area (TPSA) is 44.5 Å². The molecule has 0 amide bonds. The Labute approximate surface area is 68.4 Å². The van der Waals surface area contributed by atoms with Crippen LogP contribution in [0.15, 0.2) is 30.6 Å². The molecule has 0 spiro atoms. The number of fused-ring (bicyclic) bond motifs is 2. The van der Waals surface area contributed by atoms with Gasteiger partial charge in [0.1, 0.15) is 0 Å². The van der Waals surface area contributed by atoms with Crippen LogP contribution in [0.2, 0.25) is 0 Å². The number of hydrogen-bond donors (Lipinski definition) is 2. The Kier molecular flexibility index (Phi) is 0.913. The normalized spacial score (nSPS) is 11.3.